The van der Waals surface area contributed by atoms with Gasteiger partial charge in [0.05, 0.1) is 0 Å². The molecule has 182 valence electrons. The zero-order chi connectivity index (χ0) is 24.7. The SMILES string of the molecule is C=C(C)COc1ccc2c(C)c(CCC(=O)N3C[C@H]4C[C@@H](C3)c3cccc(=O)n3C4)c(=O)oc2c1. The summed E-state index contributed by atoms with van der Waals surface area (Å²) in [5.74, 6) is 1.10. The number of aromatic nitrogens is 1. The van der Waals surface area contributed by atoms with Crippen molar-refractivity contribution in [2.24, 2.45) is 5.92 Å². The number of fused-ring (bicyclic) bond motifs is 5. The summed E-state index contributed by atoms with van der Waals surface area (Å²) in [7, 11) is 0. The van der Waals surface area contributed by atoms with Gasteiger partial charge in [0.1, 0.15) is 17.9 Å². The van der Waals surface area contributed by atoms with E-state index < -0.39 is 5.63 Å². The fourth-order valence-electron chi connectivity index (χ4n) is 5.45. The third-order valence-corrected chi connectivity index (χ3v) is 7.17. The van der Waals surface area contributed by atoms with Crippen molar-refractivity contribution in [1.29, 1.82) is 0 Å². The molecule has 2 atom stereocenters. The summed E-state index contributed by atoms with van der Waals surface area (Å²) in [6.45, 7) is 9.92. The molecule has 35 heavy (non-hydrogen) atoms. The highest BCUT2D eigenvalue weighted by Crippen LogP contribution is 2.35. The molecule has 0 aliphatic carbocycles. The average Bonchev–Trinajstić information content (AvgIpc) is 2.83. The molecule has 3 aromatic rings. The van der Waals surface area contributed by atoms with Gasteiger partial charge in [0.25, 0.3) is 5.56 Å². The van der Waals surface area contributed by atoms with Crippen molar-refractivity contribution in [3.05, 3.63) is 86.1 Å². The zero-order valence-corrected chi connectivity index (χ0v) is 20.2. The maximum atomic E-state index is 13.1. The smallest absolute Gasteiger partial charge is 0.339 e. The predicted molar refractivity (Wildman–Crippen MR) is 134 cm³/mol. The topological polar surface area (TPSA) is 81.8 Å². The molecule has 1 amide bonds. The number of hydrogen-bond acceptors (Lipinski definition) is 5. The number of aryl methyl sites for hydroxylation is 1. The van der Waals surface area contributed by atoms with Crippen LogP contribution in [-0.2, 0) is 17.8 Å². The largest absolute Gasteiger partial charge is 0.489 e. The lowest BCUT2D eigenvalue weighted by Crippen LogP contribution is -2.49. The van der Waals surface area contributed by atoms with Gasteiger partial charge in [-0.3, -0.25) is 9.59 Å². The van der Waals surface area contributed by atoms with E-state index in [9.17, 15) is 14.4 Å². The van der Waals surface area contributed by atoms with Crippen molar-refractivity contribution in [3.8, 4) is 5.75 Å². The second-order valence-corrected chi connectivity index (χ2v) is 9.89. The van der Waals surface area contributed by atoms with Gasteiger partial charge in [-0.05, 0) is 61.9 Å². The molecule has 2 aromatic heterocycles. The Bertz CT molecular complexity index is 1430. The average molecular weight is 475 g/mol. The number of pyridine rings is 1. The van der Waals surface area contributed by atoms with Crippen LogP contribution in [0.25, 0.3) is 11.0 Å². The summed E-state index contributed by atoms with van der Waals surface area (Å²) in [5.41, 5.74) is 3.38. The molecule has 0 N–H and O–H groups in total. The number of carbonyl (C=O) groups excluding carboxylic acids is 1. The first-order valence-corrected chi connectivity index (χ1v) is 12.1. The Morgan fingerprint density at radius 3 is 2.80 bits per heavy atom. The van der Waals surface area contributed by atoms with Crippen LogP contribution < -0.4 is 15.9 Å². The van der Waals surface area contributed by atoms with E-state index >= 15 is 0 Å². The van der Waals surface area contributed by atoms with E-state index in [0.717, 1.165) is 28.6 Å². The van der Waals surface area contributed by atoms with E-state index in [-0.39, 0.29) is 29.7 Å². The molecule has 7 heteroatoms. The van der Waals surface area contributed by atoms with Gasteiger partial charge in [0.15, 0.2) is 0 Å². The van der Waals surface area contributed by atoms with Crippen LogP contribution in [0.2, 0.25) is 0 Å². The van der Waals surface area contributed by atoms with E-state index in [1.54, 1.807) is 18.2 Å². The molecular weight excluding hydrogens is 444 g/mol. The summed E-state index contributed by atoms with van der Waals surface area (Å²) in [5, 5.41) is 0.837. The molecule has 1 fully saturated rings. The van der Waals surface area contributed by atoms with E-state index in [4.69, 9.17) is 9.15 Å². The second-order valence-electron chi connectivity index (χ2n) is 9.89. The summed E-state index contributed by atoms with van der Waals surface area (Å²) in [6.07, 6.45) is 1.58. The normalized spacial score (nSPS) is 18.9. The first-order chi connectivity index (χ1) is 16.8. The molecule has 2 aliphatic rings. The van der Waals surface area contributed by atoms with E-state index in [1.807, 2.05) is 41.5 Å². The van der Waals surface area contributed by atoms with Crippen molar-refractivity contribution in [2.75, 3.05) is 19.7 Å². The quantitative estimate of drug-likeness (QED) is 0.401. The molecule has 2 aliphatic heterocycles. The summed E-state index contributed by atoms with van der Waals surface area (Å²) in [6, 6.07) is 10.8. The molecular formula is C28H30N2O5. The van der Waals surface area contributed by atoms with Crippen molar-refractivity contribution < 1.29 is 13.9 Å². The first-order valence-electron chi connectivity index (χ1n) is 12.1. The molecule has 0 spiro atoms. The van der Waals surface area contributed by atoms with Crippen LogP contribution in [0.15, 0.2) is 62.6 Å². The van der Waals surface area contributed by atoms with E-state index in [2.05, 4.69) is 6.58 Å². The van der Waals surface area contributed by atoms with Gasteiger partial charge in [0, 0.05) is 60.7 Å². The van der Waals surface area contributed by atoms with Gasteiger partial charge >= 0.3 is 5.63 Å². The summed E-state index contributed by atoms with van der Waals surface area (Å²) < 4.78 is 13.1. The number of ether oxygens (including phenoxy) is 1. The molecule has 2 bridgehead atoms. The molecule has 5 rings (SSSR count). The van der Waals surface area contributed by atoms with Crippen LogP contribution >= 0.6 is 0 Å². The number of likely N-dealkylation sites (tertiary alicyclic amines) is 1. The maximum Gasteiger partial charge on any atom is 0.339 e. The number of carbonyl (C=O) groups is 1. The lowest BCUT2D eigenvalue weighted by molar-refractivity contribution is -0.133. The number of nitrogens with zero attached hydrogens (tertiary/aromatic N) is 2. The minimum atomic E-state index is -0.413. The number of amides is 1. The van der Waals surface area contributed by atoms with Gasteiger partial charge in [0.2, 0.25) is 5.91 Å². The molecule has 4 heterocycles. The van der Waals surface area contributed by atoms with E-state index in [1.165, 1.54) is 0 Å². The van der Waals surface area contributed by atoms with Crippen molar-refractivity contribution in [1.82, 2.24) is 9.47 Å². The number of benzene rings is 1. The summed E-state index contributed by atoms with van der Waals surface area (Å²) >= 11 is 0. The molecule has 0 radical (unpaired) electrons. The van der Waals surface area contributed by atoms with Gasteiger partial charge in [-0.25, -0.2) is 4.79 Å². The maximum absolute atomic E-state index is 13.1. The lowest BCUT2D eigenvalue weighted by atomic mass is 9.83. The minimum Gasteiger partial charge on any atom is -0.489 e. The molecule has 0 unspecified atom stereocenters. The number of hydrogen-bond donors (Lipinski definition) is 0. The van der Waals surface area contributed by atoms with Crippen LogP contribution in [0, 0.1) is 12.8 Å². The molecule has 1 aromatic carbocycles. The molecule has 0 saturated carbocycles. The van der Waals surface area contributed by atoms with Gasteiger partial charge < -0.3 is 18.6 Å². The standard InChI is InChI=1S/C28H30N2O5/c1-17(2)16-34-21-7-8-22-18(3)23(28(33)35-25(22)12-21)9-10-26(31)29-13-19-11-20(15-29)24-5-4-6-27(32)30(24)14-19/h4-8,12,19-20H,1,9-11,13-16H2,2-3H3/t19-,20+/m1/s1. The Labute approximate surface area is 203 Å². The first kappa shape index (κ1) is 23.1. The van der Waals surface area contributed by atoms with Gasteiger partial charge in [-0.15, -0.1) is 0 Å². The fourth-order valence-corrected chi connectivity index (χ4v) is 5.45. The Morgan fingerprint density at radius 2 is 2.00 bits per heavy atom. The van der Waals surface area contributed by atoms with Crippen LogP contribution in [0.1, 0.15) is 42.5 Å². The Balaban J connectivity index is 1.30. The number of rotatable bonds is 6. The Hall–Kier alpha value is -3.61. The monoisotopic (exact) mass is 474 g/mol. The van der Waals surface area contributed by atoms with Crippen LogP contribution in [-0.4, -0.2) is 35.1 Å². The third kappa shape index (κ3) is 4.55. The minimum absolute atomic E-state index is 0.0324. The van der Waals surface area contributed by atoms with Crippen molar-refractivity contribution >= 4 is 16.9 Å². The van der Waals surface area contributed by atoms with Gasteiger partial charge in [-0.2, -0.15) is 0 Å². The van der Waals surface area contributed by atoms with Gasteiger partial charge in [-0.1, -0.05) is 12.6 Å². The predicted octanol–water partition coefficient (Wildman–Crippen LogP) is 3.80. The molecule has 7 nitrogen and oxygen atoms in total. The highest BCUT2D eigenvalue weighted by atomic mass is 16.5. The Kier molecular flexibility index (Phi) is 6.09. The zero-order valence-electron chi connectivity index (χ0n) is 20.2. The van der Waals surface area contributed by atoms with Crippen LogP contribution in [0.4, 0.5) is 0 Å². The fraction of sp³-hybridized carbons (Fsp3) is 0.393. The van der Waals surface area contributed by atoms with Crippen LogP contribution in [0.3, 0.4) is 0 Å². The highest BCUT2D eigenvalue weighted by Gasteiger charge is 2.36. The number of piperidine rings is 1. The third-order valence-electron chi connectivity index (χ3n) is 7.17. The highest BCUT2D eigenvalue weighted by molar-refractivity contribution is 5.83. The summed E-state index contributed by atoms with van der Waals surface area (Å²) in [4.78, 5) is 40.1. The van der Waals surface area contributed by atoms with E-state index in [0.29, 0.717) is 49.6 Å². The lowest BCUT2D eigenvalue weighted by Gasteiger charge is -2.42. The van der Waals surface area contributed by atoms with Crippen LogP contribution in [0.5, 0.6) is 5.75 Å². The van der Waals surface area contributed by atoms with Crippen molar-refractivity contribution in [3.63, 3.8) is 0 Å². The Morgan fingerprint density at radius 1 is 1.17 bits per heavy atom. The molecule has 1 saturated heterocycles. The van der Waals surface area contributed by atoms with Crippen molar-refractivity contribution in [2.45, 2.75) is 45.6 Å². The second kappa shape index (κ2) is 9.21.